The van der Waals surface area contributed by atoms with Gasteiger partial charge in [-0.05, 0) is 23.8 Å². The van der Waals surface area contributed by atoms with Crippen LogP contribution in [0.5, 0.6) is 11.5 Å². The lowest BCUT2D eigenvalue weighted by Crippen LogP contribution is -2.18. The van der Waals surface area contributed by atoms with Crippen LogP contribution in [0, 0.1) is 0 Å². The molecule has 0 radical (unpaired) electrons. The van der Waals surface area contributed by atoms with Crippen molar-refractivity contribution in [1.82, 2.24) is 0 Å². The number of halogens is 1. The van der Waals surface area contributed by atoms with Crippen LogP contribution in [-0.4, -0.2) is 19.0 Å². The maximum Gasteiger partial charge on any atom is 0.172 e. The van der Waals surface area contributed by atoms with Crippen LogP contribution < -0.4 is 9.47 Å². The molecular weight excluding hydrogens is 276 g/mol. The Morgan fingerprint density at radius 2 is 1.85 bits per heavy atom. The van der Waals surface area contributed by atoms with Gasteiger partial charge in [0, 0.05) is 11.4 Å². The lowest BCUT2D eigenvalue weighted by atomic mass is 10.0. The van der Waals surface area contributed by atoms with Crippen LogP contribution in [0.3, 0.4) is 0 Å². The summed E-state index contributed by atoms with van der Waals surface area (Å²) in [6.07, 6.45) is 0.249. The van der Waals surface area contributed by atoms with Crippen molar-refractivity contribution in [3.63, 3.8) is 0 Å². The van der Waals surface area contributed by atoms with Gasteiger partial charge in [0.25, 0.3) is 0 Å². The van der Waals surface area contributed by atoms with Crippen LogP contribution in [0.25, 0.3) is 0 Å². The Balaban J connectivity index is 1.90. The summed E-state index contributed by atoms with van der Waals surface area (Å²) >= 11 is 6.09. The average molecular weight is 289 g/mol. The van der Waals surface area contributed by atoms with E-state index in [-0.39, 0.29) is 12.2 Å². The Kier molecular flexibility index (Phi) is 3.61. The number of para-hydroxylation sites is 1. The molecule has 2 aromatic rings. The summed E-state index contributed by atoms with van der Waals surface area (Å²) < 4.78 is 11.0. The second-order valence-corrected chi connectivity index (χ2v) is 4.93. The Hall–Kier alpha value is -2.00. The van der Waals surface area contributed by atoms with E-state index in [2.05, 4.69) is 0 Å². The first kappa shape index (κ1) is 13.0. The molecule has 1 heterocycles. The van der Waals surface area contributed by atoms with Crippen molar-refractivity contribution in [3.05, 3.63) is 58.6 Å². The van der Waals surface area contributed by atoms with E-state index in [0.717, 1.165) is 5.56 Å². The number of ketones is 1. The van der Waals surface area contributed by atoms with Gasteiger partial charge in [0.05, 0.1) is 5.56 Å². The molecule has 0 unspecified atom stereocenters. The van der Waals surface area contributed by atoms with Gasteiger partial charge in [-0.3, -0.25) is 4.79 Å². The third kappa shape index (κ3) is 2.49. The Labute approximate surface area is 122 Å². The Bertz CT molecular complexity index is 652. The van der Waals surface area contributed by atoms with E-state index in [0.29, 0.717) is 35.3 Å². The maximum atomic E-state index is 12.4. The van der Waals surface area contributed by atoms with E-state index in [4.69, 9.17) is 21.1 Å². The number of fused-ring (bicyclic) bond motifs is 1. The highest BCUT2D eigenvalue weighted by molar-refractivity contribution is 6.31. The standard InChI is InChI=1S/C16H13ClO3/c17-13-6-2-1-4-11(13)10-14(18)12-5-3-7-15-16(12)20-9-8-19-15/h1-7H,8-10H2. The number of carbonyl (C=O) groups excluding carboxylic acids is 1. The monoisotopic (exact) mass is 288 g/mol. The molecule has 1 aliphatic heterocycles. The first-order valence-corrected chi connectivity index (χ1v) is 6.79. The molecule has 102 valence electrons. The lowest BCUT2D eigenvalue weighted by molar-refractivity contribution is 0.0982. The van der Waals surface area contributed by atoms with E-state index in [1.807, 2.05) is 18.2 Å². The van der Waals surface area contributed by atoms with Crippen molar-refractivity contribution in [2.75, 3.05) is 13.2 Å². The molecule has 0 bridgehead atoms. The summed E-state index contributed by atoms with van der Waals surface area (Å²) in [4.78, 5) is 12.4. The van der Waals surface area contributed by atoms with Crippen LogP contribution in [0.15, 0.2) is 42.5 Å². The zero-order valence-corrected chi connectivity index (χ0v) is 11.5. The molecule has 0 atom stereocenters. The number of rotatable bonds is 3. The van der Waals surface area contributed by atoms with E-state index < -0.39 is 0 Å². The normalized spacial score (nSPS) is 13.1. The topological polar surface area (TPSA) is 35.5 Å². The molecule has 0 aromatic heterocycles. The minimum Gasteiger partial charge on any atom is -0.486 e. The first-order valence-electron chi connectivity index (χ1n) is 6.41. The minimum atomic E-state index is -0.0274. The predicted octanol–water partition coefficient (Wildman–Crippen LogP) is 3.54. The molecule has 0 N–H and O–H groups in total. The van der Waals surface area contributed by atoms with Crippen LogP contribution in [0.4, 0.5) is 0 Å². The molecule has 0 aliphatic carbocycles. The Morgan fingerprint density at radius 3 is 2.70 bits per heavy atom. The SMILES string of the molecule is O=C(Cc1ccccc1Cl)c1cccc2c1OCCO2. The van der Waals surface area contributed by atoms with Gasteiger partial charge in [-0.2, -0.15) is 0 Å². The molecule has 4 heteroatoms. The van der Waals surface area contributed by atoms with Gasteiger partial charge in [0.1, 0.15) is 13.2 Å². The molecule has 0 amide bonds. The molecule has 0 saturated heterocycles. The van der Waals surface area contributed by atoms with Crippen LogP contribution in [0.2, 0.25) is 5.02 Å². The van der Waals surface area contributed by atoms with Crippen molar-refractivity contribution in [1.29, 1.82) is 0 Å². The summed E-state index contributed by atoms with van der Waals surface area (Å²) in [6.45, 7) is 0.971. The van der Waals surface area contributed by atoms with Crippen molar-refractivity contribution < 1.29 is 14.3 Å². The lowest BCUT2D eigenvalue weighted by Gasteiger charge is -2.20. The highest BCUT2D eigenvalue weighted by Gasteiger charge is 2.20. The smallest absolute Gasteiger partial charge is 0.172 e. The van der Waals surface area contributed by atoms with E-state index in [1.165, 1.54) is 0 Å². The summed E-state index contributed by atoms with van der Waals surface area (Å²) in [6, 6.07) is 12.7. The van der Waals surface area contributed by atoms with Crippen molar-refractivity contribution in [2.24, 2.45) is 0 Å². The number of hydrogen-bond acceptors (Lipinski definition) is 3. The van der Waals surface area contributed by atoms with Gasteiger partial charge in [-0.25, -0.2) is 0 Å². The van der Waals surface area contributed by atoms with Gasteiger partial charge < -0.3 is 9.47 Å². The van der Waals surface area contributed by atoms with Crippen LogP contribution in [0.1, 0.15) is 15.9 Å². The third-order valence-corrected chi connectivity index (χ3v) is 3.54. The Morgan fingerprint density at radius 1 is 1.05 bits per heavy atom. The molecule has 0 fully saturated rings. The predicted molar refractivity (Wildman–Crippen MR) is 76.9 cm³/mol. The molecule has 3 rings (SSSR count). The fraction of sp³-hybridized carbons (Fsp3) is 0.188. The van der Waals surface area contributed by atoms with E-state index >= 15 is 0 Å². The number of benzene rings is 2. The molecule has 2 aromatic carbocycles. The van der Waals surface area contributed by atoms with E-state index in [9.17, 15) is 4.79 Å². The van der Waals surface area contributed by atoms with Gasteiger partial charge in [0.2, 0.25) is 0 Å². The second kappa shape index (κ2) is 5.55. The fourth-order valence-electron chi connectivity index (χ4n) is 2.20. The number of ether oxygens (including phenoxy) is 2. The first-order chi connectivity index (χ1) is 9.75. The molecule has 0 saturated carbocycles. The summed E-state index contributed by atoms with van der Waals surface area (Å²) in [7, 11) is 0. The number of hydrogen-bond donors (Lipinski definition) is 0. The van der Waals surface area contributed by atoms with Crippen LogP contribution >= 0.6 is 11.6 Å². The second-order valence-electron chi connectivity index (χ2n) is 4.52. The van der Waals surface area contributed by atoms with Gasteiger partial charge in [-0.15, -0.1) is 0 Å². The molecule has 1 aliphatic rings. The highest BCUT2D eigenvalue weighted by atomic mass is 35.5. The maximum absolute atomic E-state index is 12.4. The zero-order chi connectivity index (χ0) is 13.9. The van der Waals surface area contributed by atoms with Gasteiger partial charge >= 0.3 is 0 Å². The molecule has 3 nitrogen and oxygen atoms in total. The van der Waals surface area contributed by atoms with Crippen molar-refractivity contribution in [3.8, 4) is 11.5 Å². The molecule has 20 heavy (non-hydrogen) atoms. The van der Waals surface area contributed by atoms with Gasteiger partial charge in [-0.1, -0.05) is 35.9 Å². The third-order valence-electron chi connectivity index (χ3n) is 3.18. The highest BCUT2D eigenvalue weighted by Crippen LogP contribution is 2.34. The summed E-state index contributed by atoms with van der Waals surface area (Å²) in [5.74, 6) is 1.14. The minimum absolute atomic E-state index is 0.0274. The molecular formula is C16H13ClO3. The fourth-order valence-corrected chi connectivity index (χ4v) is 2.41. The number of Topliss-reactive ketones (excluding diaryl/α,β-unsaturated/α-hetero) is 1. The number of carbonyl (C=O) groups is 1. The largest absolute Gasteiger partial charge is 0.486 e. The van der Waals surface area contributed by atoms with Crippen LogP contribution in [-0.2, 0) is 6.42 Å². The van der Waals surface area contributed by atoms with Gasteiger partial charge in [0.15, 0.2) is 17.3 Å². The van der Waals surface area contributed by atoms with Crippen molar-refractivity contribution in [2.45, 2.75) is 6.42 Å². The summed E-state index contributed by atoms with van der Waals surface area (Å²) in [5.41, 5.74) is 1.36. The quantitative estimate of drug-likeness (QED) is 0.811. The zero-order valence-electron chi connectivity index (χ0n) is 10.8. The van der Waals surface area contributed by atoms with Crippen molar-refractivity contribution >= 4 is 17.4 Å². The summed E-state index contributed by atoms with van der Waals surface area (Å²) in [5, 5.41) is 0.600. The van der Waals surface area contributed by atoms with E-state index in [1.54, 1.807) is 24.3 Å². The molecule has 0 spiro atoms. The average Bonchev–Trinajstić information content (AvgIpc) is 2.49.